The Morgan fingerprint density at radius 3 is 2.76 bits per heavy atom. The Kier molecular flexibility index (Phi) is 9.48. The first-order valence-corrected chi connectivity index (χ1v) is 12.8. The Bertz CT molecular complexity index is 960. The second-order valence-electron chi connectivity index (χ2n) is 9.71. The summed E-state index contributed by atoms with van der Waals surface area (Å²) in [5.41, 5.74) is 3.80. The highest BCUT2D eigenvalue weighted by Crippen LogP contribution is 2.34. The summed E-state index contributed by atoms with van der Waals surface area (Å²) in [5.74, 6) is -3.47. The number of aliphatic imine (C=N–C) groups is 2. The first-order chi connectivity index (χ1) is 17.6. The number of nitrogens with zero attached hydrogens (tertiary/aromatic N) is 3. The molecule has 13 heteroatoms. The molecule has 12 nitrogen and oxygen atoms in total. The van der Waals surface area contributed by atoms with E-state index in [1.54, 1.807) is 6.92 Å². The van der Waals surface area contributed by atoms with Crippen molar-refractivity contribution in [1.82, 2.24) is 10.2 Å². The third-order valence-corrected chi connectivity index (χ3v) is 7.13. The molecule has 7 atom stereocenters. The van der Waals surface area contributed by atoms with E-state index < -0.39 is 66.4 Å². The molecule has 0 aromatic heterocycles. The molecule has 1 amide bonds. The molecule has 0 spiro atoms. The van der Waals surface area contributed by atoms with Crippen molar-refractivity contribution in [2.45, 2.75) is 102 Å². The van der Waals surface area contributed by atoms with E-state index >= 15 is 0 Å². The van der Waals surface area contributed by atoms with Crippen LogP contribution in [0.3, 0.4) is 0 Å². The number of aliphatic hydroxyl groups is 1. The van der Waals surface area contributed by atoms with E-state index in [9.17, 15) is 23.9 Å². The lowest BCUT2D eigenvalue weighted by molar-refractivity contribution is -0.160. The summed E-state index contributed by atoms with van der Waals surface area (Å²) < 4.78 is 25.5. The van der Waals surface area contributed by atoms with Gasteiger partial charge < -0.3 is 20.3 Å². The smallest absolute Gasteiger partial charge is 0.323 e. The summed E-state index contributed by atoms with van der Waals surface area (Å²) in [6, 6.07) is -0.956. The predicted molar refractivity (Wildman–Crippen MR) is 133 cm³/mol. The number of guanidine groups is 1. The molecule has 0 bridgehead atoms. The van der Waals surface area contributed by atoms with Crippen LogP contribution >= 0.6 is 0 Å². The lowest BCUT2D eigenvalue weighted by atomic mass is 9.85. The summed E-state index contributed by atoms with van der Waals surface area (Å²) in [7, 11) is 0. The van der Waals surface area contributed by atoms with Gasteiger partial charge in [0.2, 0.25) is 11.7 Å². The average Bonchev–Trinajstić information content (AvgIpc) is 3.45. The second-order valence-corrected chi connectivity index (χ2v) is 9.71. The van der Waals surface area contributed by atoms with E-state index in [0.29, 0.717) is 12.8 Å². The van der Waals surface area contributed by atoms with Crippen LogP contribution in [0.25, 0.3) is 0 Å². The van der Waals surface area contributed by atoms with Gasteiger partial charge in [-0.2, -0.15) is 4.99 Å². The number of fused-ring (bicyclic) bond motifs is 1. The van der Waals surface area contributed by atoms with Crippen LogP contribution in [0.4, 0.5) is 4.39 Å². The third kappa shape index (κ3) is 5.73. The molecule has 0 aromatic carbocycles. The molecule has 5 N–H and O–H groups in total. The molecule has 1 fully saturated rings. The number of ether oxygens (including phenoxy) is 2. The number of rotatable bonds is 13. The Hall–Kier alpha value is -2.77. The van der Waals surface area contributed by atoms with Crippen molar-refractivity contribution in [2.75, 3.05) is 6.61 Å². The number of amidine groups is 1. The van der Waals surface area contributed by atoms with Crippen molar-refractivity contribution < 1.29 is 33.4 Å². The van der Waals surface area contributed by atoms with Crippen molar-refractivity contribution in [2.24, 2.45) is 21.6 Å². The highest BCUT2D eigenvalue weighted by Gasteiger charge is 2.61. The minimum atomic E-state index is -2.24. The summed E-state index contributed by atoms with van der Waals surface area (Å²) in [4.78, 5) is 49.6. The first kappa shape index (κ1) is 28.8. The van der Waals surface area contributed by atoms with E-state index in [1.165, 1.54) is 4.90 Å². The Balaban J connectivity index is 1.92. The zero-order valence-corrected chi connectivity index (χ0v) is 21.5. The van der Waals surface area contributed by atoms with Gasteiger partial charge in [0, 0.05) is 6.42 Å². The minimum absolute atomic E-state index is 0.145. The van der Waals surface area contributed by atoms with Crippen LogP contribution in [-0.2, 0) is 23.9 Å². The zero-order chi connectivity index (χ0) is 27.3. The fourth-order valence-electron chi connectivity index (χ4n) is 4.54. The summed E-state index contributed by atoms with van der Waals surface area (Å²) in [6.07, 6.45) is 0.0247. The molecule has 0 radical (unpaired) electrons. The van der Waals surface area contributed by atoms with Crippen LogP contribution in [0.1, 0.15) is 65.7 Å². The molecule has 0 aliphatic carbocycles. The number of alkyl halides is 1. The van der Waals surface area contributed by atoms with Crippen LogP contribution in [0.2, 0.25) is 0 Å². The van der Waals surface area contributed by atoms with E-state index in [1.807, 2.05) is 13.8 Å². The van der Waals surface area contributed by atoms with Crippen LogP contribution in [0.15, 0.2) is 9.98 Å². The van der Waals surface area contributed by atoms with Crippen molar-refractivity contribution in [3.05, 3.63) is 0 Å². The number of nitrogens with two attached hydrogens (primary N) is 1. The maximum Gasteiger partial charge on any atom is 0.323 e. The summed E-state index contributed by atoms with van der Waals surface area (Å²) in [5, 5.41) is 19.5. The van der Waals surface area contributed by atoms with Crippen molar-refractivity contribution in [3.63, 3.8) is 0 Å². The van der Waals surface area contributed by atoms with Gasteiger partial charge in [0.1, 0.15) is 24.5 Å². The number of halogens is 1. The standard InChI is InChI=1S/C24H37FN6O6/c1-4-6-7-8-9-15(37-20(34)18(26)13(3)5-2)19(33)24-21(29-23(27)30-22(24)35)31(12-28-24)17-10-14(25)16(11-32)36-17/h12-18,32H,4-11,26H2,1-3H3,(H2,27,30,35)/t13-,14?,15?,16+,17+,18-,24?/m0/s1. The van der Waals surface area contributed by atoms with Crippen LogP contribution in [0.5, 0.6) is 0 Å². The van der Waals surface area contributed by atoms with E-state index in [2.05, 4.69) is 15.3 Å². The number of unbranched alkanes of at least 4 members (excludes halogenated alkanes) is 3. The number of ketones is 1. The summed E-state index contributed by atoms with van der Waals surface area (Å²) >= 11 is 0. The van der Waals surface area contributed by atoms with Gasteiger partial charge in [-0.05, 0) is 18.8 Å². The van der Waals surface area contributed by atoms with Crippen molar-refractivity contribution in [1.29, 1.82) is 5.41 Å². The molecule has 0 saturated carbocycles. The fourth-order valence-corrected chi connectivity index (χ4v) is 4.54. The van der Waals surface area contributed by atoms with E-state index in [0.717, 1.165) is 25.6 Å². The number of aliphatic hydroxyl groups excluding tert-OH is 1. The number of hydrogen-bond acceptors (Lipinski definition) is 10. The van der Waals surface area contributed by atoms with Gasteiger partial charge in [-0.25, -0.2) is 9.38 Å². The minimum Gasteiger partial charge on any atom is -0.453 e. The number of carbonyl (C=O) groups is 3. The maximum absolute atomic E-state index is 14.3. The van der Waals surface area contributed by atoms with Gasteiger partial charge >= 0.3 is 5.97 Å². The molecule has 3 aliphatic rings. The van der Waals surface area contributed by atoms with Gasteiger partial charge in [0.05, 0.1) is 12.9 Å². The monoisotopic (exact) mass is 524 g/mol. The number of Topliss-reactive ketones (excluding diaryl/α,β-unsaturated/α-hetero) is 1. The molecule has 37 heavy (non-hydrogen) atoms. The number of esters is 1. The highest BCUT2D eigenvalue weighted by atomic mass is 19.1. The SMILES string of the molecule is CCCCCCC(OC(=O)[C@@H](N)[C@@H](C)CC)C(=O)C12N=CN([C@H]3CC(F)[C@@H](CO)O3)C1=NC(=N)NC2=O. The lowest BCUT2D eigenvalue weighted by Crippen LogP contribution is -2.65. The maximum atomic E-state index is 14.3. The Labute approximate surface area is 215 Å². The van der Waals surface area contributed by atoms with Crippen LogP contribution in [-0.4, -0.2) is 88.6 Å². The summed E-state index contributed by atoms with van der Waals surface area (Å²) in [6.45, 7) is 5.16. The van der Waals surface area contributed by atoms with E-state index in [4.69, 9.17) is 20.6 Å². The van der Waals surface area contributed by atoms with Gasteiger partial charge in [-0.1, -0.05) is 46.5 Å². The molecule has 3 unspecified atom stereocenters. The average molecular weight is 525 g/mol. The molecule has 3 heterocycles. The van der Waals surface area contributed by atoms with Crippen LogP contribution in [0, 0.1) is 11.3 Å². The number of amides is 1. The molecule has 206 valence electrons. The topological polar surface area (TPSA) is 180 Å². The molecule has 0 aromatic rings. The molecule has 3 aliphatic heterocycles. The first-order valence-electron chi connectivity index (χ1n) is 12.8. The predicted octanol–water partition coefficient (Wildman–Crippen LogP) is 0.802. The number of nitrogens with one attached hydrogen (secondary N) is 2. The largest absolute Gasteiger partial charge is 0.453 e. The van der Waals surface area contributed by atoms with E-state index in [-0.39, 0.29) is 24.6 Å². The zero-order valence-electron chi connectivity index (χ0n) is 21.5. The van der Waals surface area contributed by atoms with Gasteiger partial charge in [0.25, 0.3) is 11.4 Å². The molecule has 3 rings (SSSR count). The molecular weight excluding hydrogens is 487 g/mol. The lowest BCUT2D eigenvalue weighted by Gasteiger charge is -2.34. The number of carbonyl (C=O) groups excluding carboxylic acids is 3. The van der Waals surface area contributed by atoms with Crippen molar-refractivity contribution >= 4 is 35.8 Å². The molecule has 1 saturated heterocycles. The normalized spacial score (nSPS) is 29.4. The second kappa shape index (κ2) is 12.2. The van der Waals surface area contributed by atoms with Gasteiger partial charge in [-0.15, -0.1) is 0 Å². The van der Waals surface area contributed by atoms with Crippen molar-refractivity contribution in [3.8, 4) is 0 Å². The Morgan fingerprint density at radius 1 is 1.41 bits per heavy atom. The van der Waals surface area contributed by atoms with Gasteiger partial charge in [-0.3, -0.25) is 30.0 Å². The third-order valence-electron chi connectivity index (χ3n) is 7.13. The quantitative estimate of drug-likeness (QED) is 0.155. The van der Waals surface area contributed by atoms with Crippen LogP contribution < -0.4 is 11.1 Å². The Morgan fingerprint density at radius 2 is 2.14 bits per heavy atom. The van der Waals surface area contributed by atoms with Gasteiger partial charge in [0.15, 0.2) is 11.9 Å². The fraction of sp³-hybridized carbons (Fsp3) is 0.750. The molecular formula is C24H37FN6O6. The number of hydrogen-bond donors (Lipinski definition) is 4. The highest BCUT2D eigenvalue weighted by molar-refractivity contribution is 6.39.